The van der Waals surface area contributed by atoms with Gasteiger partial charge in [-0.1, -0.05) is 53.9 Å². The van der Waals surface area contributed by atoms with Gasteiger partial charge in [0.15, 0.2) is 8.68 Å². The summed E-state index contributed by atoms with van der Waals surface area (Å²) in [4.78, 5) is 19.6. The van der Waals surface area contributed by atoms with E-state index in [-0.39, 0.29) is 10.8 Å². The number of nitrogens with one attached hydrogen (secondary N) is 1. The van der Waals surface area contributed by atoms with E-state index in [1.807, 2.05) is 25.1 Å². The third kappa shape index (κ3) is 3.94. The van der Waals surface area contributed by atoms with Crippen LogP contribution >= 0.6 is 34.9 Å². The van der Waals surface area contributed by atoms with Crippen molar-refractivity contribution in [3.63, 3.8) is 0 Å². The van der Waals surface area contributed by atoms with Gasteiger partial charge in [0.1, 0.15) is 5.82 Å². The van der Waals surface area contributed by atoms with Crippen LogP contribution in [-0.2, 0) is 0 Å². The van der Waals surface area contributed by atoms with Crippen molar-refractivity contribution in [3.8, 4) is 0 Å². The summed E-state index contributed by atoms with van der Waals surface area (Å²) in [5.74, 6) is 1.71. The molecule has 0 spiro atoms. The van der Waals surface area contributed by atoms with Crippen LogP contribution in [0.15, 0.2) is 37.7 Å². The number of H-pyrrole nitrogens is 1. The van der Waals surface area contributed by atoms with Gasteiger partial charge in [0.05, 0.1) is 16.2 Å². The maximum Gasteiger partial charge on any atom is 0.258 e. The second kappa shape index (κ2) is 7.46. The Bertz CT molecular complexity index is 861. The standard InChI is InChI=1S/C15H16N4OS3/c1-3-8-21-14-18-19-15(23-14)22-9(2)12-16-11-7-5-4-6-10(11)13(20)17-12/h4-7,9H,3,8H2,1-2H3,(H,16,17,20)/t9-/m1/s1. The first-order valence-corrected chi connectivity index (χ1v) is 9.97. The van der Waals surface area contributed by atoms with Gasteiger partial charge in [-0.2, -0.15) is 0 Å². The number of aromatic amines is 1. The van der Waals surface area contributed by atoms with Gasteiger partial charge in [-0.05, 0) is 25.5 Å². The minimum Gasteiger partial charge on any atom is -0.309 e. The maximum absolute atomic E-state index is 12.1. The molecule has 1 aromatic carbocycles. The van der Waals surface area contributed by atoms with E-state index in [0.717, 1.165) is 26.4 Å². The molecule has 23 heavy (non-hydrogen) atoms. The van der Waals surface area contributed by atoms with Gasteiger partial charge < -0.3 is 4.98 Å². The minimum absolute atomic E-state index is 0.00396. The molecule has 0 saturated heterocycles. The number of fused-ring (bicyclic) bond motifs is 1. The largest absolute Gasteiger partial charge is 0.309 e. The summed E-state index contributed by atoms with van der Waals surface area (Å²) in [6, 6.07) is 7.37. The molecule has 0 fully saturated rings. The van der Waals surface area contributed by atoms with Crippen LogP contribution in [0, 0.1) is 0 Å². The normalized spacial score (nSPS) is 12.6. The lowest BCUT2D eigenvalue weighted by atomic mass is 10.2. The molecule has 1 N–H and O–H groups in total. The third-order valence-electron chi connectivity index (χ3n) is 3.11. The zero-order valence-corrected chi connectivity index (χ0v) is 15.2. The molecule has 0 unspecified atom stereocenters. The number of nitrogens with zero attached hydrogens (tertiary/aromatic N) is 3. The van der Waals surface area contributed by atoms with E-state index in [2.05, 4.69) is 27.1 Å². The predicted molar refractivity (Wildman–Crippen MR) is 97.6 cm³/mol. The van der Waals surface area contributed by atoms with Crippen LogP contribution < -0.4 is 5.56 Å². The first kappa shape index (κ1) is 16.5. The third-order valence-corrected chi connectivity index (χ3v) is 6.57. The summed E-state index contributed by atoms with van der Waals surface area (Å²) in [5.41, 5.74) is 0.615. The lowest BCUT2D eigenvalue weighted by Crippen LogP contribution is -2.12. The molecule has 2 heterocycles. The van der Waals surface area contributed by atoms with Gasteiger partial charge in [-0.25, -0.2) is 4.98 Å². The van der Waals surface area contributed by atoms with Gasteiger partial charge in [0.25, 0.3) is 5.56 Å². The molecule has 1 atom stereocenters. The minimum atomic E-state index is -0.102. The number of rotatable bonds is 6. The fourth-order valence-electron chi connectivity index (χ4n) is 2.00. The molecule has 0 bridgehead atoms. The number of hydrogen-bond acceptors (Lipinski definition) is 7. The Morgan fingerprint density at radius 1 is 1.26 bits per heavy atom. The monoisotopic (exact) mass is 364 g/mol. The number of aromatic nitrogens is 4. The predicted octanol–water partition coefficient (Wildman–Crippen LogP) is 4.13. The smallest absolute Gasteiger partial charge is 0.258 e. The summed E-state index contributed by atoms with van der Waals surface area (Å²) >= 11 is 4.88. The highest BCUT2D eigenvalue weighted by Crippen LogP contribution is 2.37. The van der Waals surface area contributed by atoms with Crippen molar-refractivity contribution in [2.75, 3.05) is 5.75 Å². The maximum atomic E-state index is 12.1. The zero-order chi connectivity index (χ0) is 16.2. The summed E-state index contributed by atoms with van der Waals surface area (Å²) in [6.07, 6.45) is 1.12. The topological polar surface area (TPSA) is 71.5 Å². The molecular formula is C15H16N4OS3. The van der Waals surface area contributed by atoms with Gasteiger partial charge in [0.2, 0.25) is 0 Å². The van der Waals surface area contributed by atoms with E-state index in [1.54, 1.807) is 40.9 Å². The molecule has 5 nitrogen and oxygen atoms in total. The Balaban J connectivity index is 1.79. The fraction of sp³-hybridized carbons (Fsp3) is 0.333. The van der Waals surface area contributed by atoms with E-state index < -0.39 is 0 Å². The van der Waals surface area contributed by atoms with Gasteiger partial charge in [0, 0.05) is 5.75 Å². The van der Waals surface area contributed by atoms with Gasteiger partial charge in [-0.3, -0.25) is 4.79 Å². The average Bonchev–Trinajstić information content (AvgIpc) is 3.00. The first-order chi connectivity index (χ1) is 11.2. The molecule has 0 radical (unpaired) electrons. The lowest BCUT2D eigenvalue weighted by Gasteiger charge is -2.08. The first-order valence-electron chi connectivity index (χ1n) is 7.29. The molecule has 0 aliphatic carbocycles. The summed E-state index contributed by atoms with van der Waals surface area (Å²) < 4.78 is 1.88. The van der Waals surface area contributed by atoms with E-state index >= 15 is 0 Å². The highest BCUT2D eigenvalue weighted by Gasteiger charge is 2.15. The average molecular weight is 365 g/mol. The molecule has 0 amide bonds. The van der Waals surface area contributed by atoms with E-state index in [9.17, 15) is 4.79 Å². The lowest BCUT2D eigenvalue weighted by molar-refractivity contribution is 0.910. The van der Waals surface area contributed by atoms with Crippen molar-refractivity contribution in [3.05, 3.63) is 40.4 Å². The second-order valence-electron chi connectivity index (χ2n) is 4.91. The van der Waals surface area contributed by atoms with Crippen LogP contribution in [0.2, 0.25) is 0 Å². The molecule has 120 valence electrons. The van der Waals surface area contributed by atoms with Crippen molar-refractivity contribution in [2.45, 2.75) is 34.2 Å². The summed E-state index contributed by atoms with van der Waals surface area (Å²) in [6.45, 7) is 4.16. The molecule has 8 heteroatoms. The van der Waals surface area contributed by atoms with E-state index in [4.69, 9.17) is 0 Å². The van der Waals surface area contributed by atoms with Gasteiger partial charge in [-0.15, -0.1) is 10.2 Å². The molecule has 0 aliphatic heterocycles. The second-order valence-corrected chi connectivity index (χ2v) is 8.82. The quantitative estimate of drug-likeness (QED) is 0.663. The van der Waals surface area contributed by atoms with Crippen LogP contribution in [0.4, 0.5) is 0 Å². The highest BCUT2D eigenvalue weighted by molar-refractivity contribution is 8.03. The SMILES string of the molecule is CCCSc1nnc(S[C@H](C)c2nc3ccccc3c(=O)[nH]2)s1. The Hall–Kier alpha value is -1.38. The summed E-state index contributed by atoms with van der Waals surface area (Å²) in [5, 5.41) is 9.01. The molecular weight excluding hydrogens is 348 g/mol. The van der Waals surface area contributed by atoms with Crippen molar-refractivity contribution in [1.29, 1.82) is 0 Å². The van der Waals surface area contributed by atoms with Crippen LogP contribution in [0.1, 0.15) is 31.3 Å². The van der Waals surface area contributed by atoms with E-state index in [1.165, 1.54) is 0 Å². The number of benzene rings is 1. The zero-order valence-electron chi connectivity index (χ0n) is 12.8. The Morgan fingerprint density at radius 2 is 2.04 bits per heavy atom. The Morgan fingerprint density at radius 3 is 2.87 bits per heavy atom. The molecule has 2 aromatic heterocycles. The van der Waals surface area contributed by atoms with E-state index in [0.29, 0.717) is 11.2 Å². The van der Waals surface area contributed by atoms with Crippen molar-refractivity contribution >= 4 is 45.8 Å². The fourth-order valence-corrected chi connectivity index (χ4v) is 5.14. The number of para-hydroxylation sites is 1. The highest BCUT2D eigenvalue weighted by atomic mass is 32.2. The van der Waals surface area contributed by atoms with Crippen molar-refractivity contribution < 1.29 is 0 Å². The van der Waals surface area contributed by atoms with Crippen molar-refractivity contribution in [1.82, 2.24) is 20.2 Å². The number of thioether (sulfide) groups is 2. The van der Waals surface area contributed by atoms with Crippen LogP contribution in [0.5, 0.6) is 0 Å². The number of hydrogen-bond donors (Lipinski definition) is 1. The Kier molecular flexibility index (Phi) is 5.34. The molecule has 0 aliphatic rings. The van der Waals surface area contributed by atoms with Crippen molar-refractivity contribution in [2.24, 2.45) is 0 Å². The van der Waals surface area contributed by atoms with Crippen LogP contribution in [-0.4, -0.2) is 25.9 Å². The van der Waals surface area contributed by atoms with Gasteiger partial charge >= 0.3 is 0 Å². The summed E-state index contributed by atoms with van der Waals surface area (Å²) in [7, 11) is 0. The Labute approximate surface area is 146 Å². The van der Waals surface area contributed by atoms with Crippen LogP contribution in [0.3, 0.4) is 0 Å². The molecule has 0 saturated carbocycles. The molecule has 3 rings (SSSR count). The molecule has 3 aromatic rings. The van der Waals surface area contributed by atoms with Crippen LogP contribution in [0.25, 0.3) is 10.9 Å².